The summed E-state index contributed by atoms with van der Waals surface area (Å²) in [5.74, 6) is -0.652. The Morgan fingerprint density at radius 1 is 1.18 bits per heavy atom. The quantitative estimate of drug-likeness (QED) is 0.482. The molecule has 9 heteroatoms. The molecule has 28 heavy (non-hydrogen) atoms. The predicted octanol–water partition coefficient (Wildman–Crippen LogP) is 4.79. The van der Waals surface area contributed by atoms with Gasteiger partial charge in [-0.1, -0.05) is 17.7 Å². The van der Waals surface area contributed by atoms with Crippen molar-refractivity contribution in [1.29, 1.82) is 0 Å². The third-order valence-corrected chi connectivity index (χ3v) is 5.99. The summed E-state index contributed by atoms with van der Waals surface area (Å²) in [6.07, 6.45) is 4.62. The maximum Gasteiger partial charge on any atom is 0.262 e. The number of hydrogen-bond acceptors (Lipinski definition) is 5. The number of hydrogen-bond donors (Lipinski definition) is 1. The van der Waals surface area contributed by atoms with E-state index < -0.39 is 15.8 Å². The van der Waals surface area contributed by atoms with Gasteiger partial charge in [-0.25, -0.2) is 22.8 Å². The molecule has 0 saturated carbocycles. The second kappa shape index (κ2) is 6.88. The molecule has 0 saturated heterocycles. The van der Waals surface area contributed by atoms with E-state index in [-0.39, 0.29) is 15.7 Å². The van der Waals surface area contributed by atoms with Gasteiger partial charge in [0.25, 0.3) is 10.0 Å². The van der Waals surface area contributed by atoms with Crippen LogP contribution in [0.3, 0.4) is 0 Å². The van der Waals surface area contributed by atoms with Gasteiger partial charge in [0.1, 0.15) is 12.1 Å². The van der Waals surface area contributed by atoms with E-state index in [1.807, 2.05) is 6.07 Å². The molecule has 0 unspecified atom stereocenters. The average Bonchev–Trinajstić information content (AvgIpc) is 3.09. The zero-order valence-corrected chi connectivity index (χ0v) is 16.1. The highest BCUT2D eigenvalue weighted by Gasteiger charge is 2.20. The number of nitrogens with one attached hydrogen (secondary N) is 1. The number of anilines is 1. The number of pyridine rings is 2. The largest absolute Gasteiger partial charge is 0.445 e. The lowest BCUT2D eigenvalue weighted by Gasteiger charge is -2.12. The summed E-state index contributed by atoms with van der Waals surface area (Å²) in [5.41, 5.74) is 2.20. The molecule has 0 spiro atoms. The topological polar surface area (TPSA) is 85.1 Å². The molecule has 4 aromatic rings. The minimum atomic E-state index is -4.07. The number of nitrogens with zero attached hydrogens (tertiary/aromatic N) is 2. The molecule has 3 aromatic heterocycles. The van der Waals surface area contributed by atoms with Crippen LogP contribution in [0.2, 0.25) is 5.15 Å². The maximum absolute atomic E-state index is 13.5. The van der Waals surface area contributed by atoms with E-state index >= 15 is 0 Å². The van der Waals surface area contributed by atoms with Crippen molar-refractivity contribution < 1.29 is 17.2 Å². The fourth-order valence-corrected chi connectivity index (χ4v) is 4.34. The smallest absolute Gasteiger partial charge is 0.262 e. The van der Waals surface area contributed by atoms with Crippen LogP contribution in [0.1, 0.15) is 5.56 Å². The molecule has 1 aromatic carbocycles. The molecule has 0 amide bonds. The van der Waals surface area contributed by atoms with E-state index in [1.54, 1.807) is 25.3 Å². The van der Waals surface area contributed by atoms with Crippen molar-refractivity contribution in [2.75, 3.05) is 4.72 Å². The number of furan rings is 1. The monoisotopic (exact) mass is 417 g/mol. The second-order valence-electron chi connectivity index (χ2n) is 6.08. The molecule has 3 heterocycles. The molecule has 142 valence electrons. The summed E-state index contributed by atoms with van der Waals surface area (Å²) in [5, 5.41) is 0.716. The Labute approximate surface area is 165 Å². The van der Waals surface area contributed by atoms with Gasteiger partial charge in [0, 0.05) is 28.9 Å². The van der Waals surface area contributed by atoms with Gasteiger partial charge in [-0.15, -0.1) is 0 Å². The van der Waals surface area contributed by atoms with Crippen molar-refractivity contribution in [3.8, 4) is 11.1 Å². The molecule has 0 aliphatic heterocycles. The summed E-state index contributed by atoms with van der Waals surface area (Å²) in [6, 6.07) is 8.68. The molecule has 0 atom stereocenters. The Balaban J connectivity index is 1.77. The number of fused-ring (bicyclic) bond motifs is 1. The molecule has 0 aliphatic rings. The highest BCUT2D eigenvalue weighted by Crippen LogP contribution is 2.33. The Bertz CT molecular complexity index is 1310. The molecular weight excluding hydrogens is 405 g/mol. The Morgan fingerprint density at radius 2 is 2.00 bits per heavy atom. The van der Waals surface area contributed by atoms with Gasteiger partial charge >= 0.3 is 0 Å². The van der Waals surface area contributed by atoms with E-state index in [0.29, 0.717) is 22.4 Å². The first-order valence-electron chi connectivity index (χ1n) is 8.12. The first-order chi connectivity index (χ1) is 13.3. The van der Waals surface area contributed by atoms with Gasteiger partial charge in [0.15, 0.2) is 5.15 Å². The van der Waals surface area contributed by atoms with E-state index in [0.717, 1.165) is 11.5 Å². The van der Waals surface area contributed by atoms with Crippen molar-refractivity contribution in [1.82, 2.24) is 9.97 Å². The molecular formula is C19H13ClFN3O3S. The normalized spacial score (nSPS) is 11.7. The van der Waals surface area contributed by atoms with E-state index in [9.17, 15) is 12.8 Å². The van der Waals surface area contributed by atoms with Crippen LogP contribution in [0.4, 0.5) is 10.1 Å². The fourth-order valence-electron chi connectivity index (χ4n) is 2.82. The molecule has 4 rings (SSSR count). The van der Waals surface area contributed by atoms with Crippen molar-refractivity contribution in [3.05, 3.63) is 71.6 Å². The Kier molecular flexibility index (Phi) is 4.52. The van der Waals surface area contributed by atoms with Crippen LogP contribution >= 0.6 is 11.6 Å². The van der Waals surface area contributed by atoms with Gasteiger partial charge < -0.3 is 4.42 Å². The maximum atomic E-state index is 13.5. The van der Waals surface area contributed by atoms with Crippen LogP contribution in [0.5, 0.6) is 0 Å². The van der Waals surface area contributed by atoms with Gasteiger partial charge in [0.2, 0.25) is 5.71 Å². The molecule has 0 bridgehead atoms. The average molecular weight is 418 g/mol. The Morgan fingerprint density at radius 3 is 2.82 bits per heavy atom. The molecule has 0 aliphatic carbocycles. The zero-order valence-electron chi connectivity index (χ0n) is 14.5. The number of sulfonamides is 1. The lowest BCUT2D eigenvalue weighted by atomic mass is 10.1. The highest BCUT2D eigenvalue weighted by molar-refractivity contribution is 7.92. The minimum Gasteiger partial charge on any atom is -0.445 e. The van der Waals surface area contributed by atoms with Gasteiger partial charge in [0.05, 0.1) is 10.6 Å². The lowest BCUT2D eigenvalue weighted by Crippen LogP contribution is -2.15. The third kappa shape index (κ3) is 3.32. The number of aromatic nitrogens is 2. The first kappa shape index (κ1) is 18.4. The van der Waals surface area contributed by atoms with Crippen LogP contribution in [-0.4, -0.2) is 18.4 Å². The SMILES string of the molecule is Cc1ccc(F)cc1S(=O)(=O)Nc1cc(-c2coc3ncccc23)cnc1Cl. The lowest BCUT2D eigenvalue weighted by molar-refractivity contribution is 0.594. The summed E-state index contributed by atoms with van der Waals surface area (Å²) in [6.45, 7) is 1.58. The van der Waals surface area contributed by atoms with E-state index in [2.05, 4.69) is 14.7 Å². The zero-order chi connectivity index (χ0) is 19.9. The van der Waals surface area contributed by atoms with Crippen molar-refractivity contribution in [3.63, 3.8) is 0 Å². The number of halogens is 2. The van der Waals surface area contributed by atoms with Crippen molar-refractivity contribution in [2.45, 2.75) is 11.8 Å². The van der Waals surface area contributed by atoms with E-state index in [1.165, 1.54) is 24.6 Å². The van der Waals surface area contributed by atoms with Crippen LogP contribution in [0.25, 0.3) is 22.2 Å². The Hall–Kier alpha value is -2.97. The summed E-state index contributed by atoms with van der Waals surface area (Å²) in [7, 11) is -4.07. The number of rotatable bonds is 4. The second-order valence-corrected chi connectivity index (χ2v) is 8.09. The number of aryl methyl sites for hydroxylation is 1. The van der Waals surface area contributed by atoms with Gasteiger partial charge in [-0.2, -0.15) is 0 Å². The summed E-state index contributed by atoms with van der Waals surface area (Å²) in [4.78, 5) is 8.01. The molecule has 1 N–H and O–H groups in total. The van der Waals surface area contributed by atoms with Crippen molar-refractivity contribution >= 4 is 38.4 Å². The molecule has 0 radical (unpaired) electrons. The van der Waals surface area contributed by atoms with Crippen molar-refractivity contribution in [2.24, 2.45) is 0 Å². The summed E-state index contributed by atoms with van der Waals surface area (Å²) >= 11 is 6.09. The molecule has 0 fully saturated rings. The standard InChI is InChI=1S/C19H13ClFN3O3S/c1-11-4-5-13(21)8-17(11)28(25,26)24-16-7-12(9-23-18(16)20)15-10-27-19-14(15)3-2-6-22-19/h2-10,24H,1H3. The first-order valence-corrected chi connectivity index (χ1v) is 9.98. The van der Waals surface area contributed by atoms with Crippen LogP contribution in [0, 0.1) is 12.7 Å². The predicted molar refractivity (Wildman–Crippen MR) is 104 cm³/mol. The number of benzene rings is 1. The van der Waals surface area contributed by atoms with Gasteiger partial charge in [-0.3, -0.25) is 4.72 Å². The van der Waals surface area contributed by atoms with Crippen LogP contribution in [-0.2, 0) is 10.0 Å². The third-order valence-electron chi connectivity index (χ3n) is 4.18. The highest BCUT2D eigenvalue weighted by atomic mass is 35.5. The molecule has 6 nitrogen and oxygen atoms in total. The minimum absolute atomic E-state index is 0.0349. The summed E-state index contributed by atoms with van der Waals surface area (Å²) < 4.78 is 46.8. The fraction of sp³-hybridized carbons (Fsp3) is 0.0526. The van der Waals surface area contributed by atoms with Crippen LogP contribution < -0.4 is 4.72 Å². The van der Waals surface area contributed by atoms with Crippen LogP contribution in [0.15, 0.2) is 64.4 Å². The van der Waals surface area contributed by atoms with E-state index in [4.69, 9.17) is 16.0 Å². The van der Waals surface area contributed by atoms with Gasteiger partial charge in [-0.05, 0) is 42.8 Å².